The van der Waals surface area contributed by atoms with Crippen LogP contribution in [-0.2, 0) is 11.2 Å². The molecule has 0 spiro atoms. The number of aromatic nitrogens is 1. The van der Waals surface area contributed by atoms with Crippen molar-refractivity contribution >= 4 is 17.2 Å². The molecule has 2 aromatic rings. The van der Waals surface area contributed by atoms with Gasteiger partial charge in [0.2, 0.25) is 0 Å². The topological polar surface area (TPSA) is 51.7 Å². The van der Waals surface area contributed by atoms with Crippen molar-refractivity contribution in [3.63, 3.8) is 0 Å². The molecular weight excluding hydrogens is 348 g/mol. The van der Waals surface area contributed by atoms with Gasteiger partial charge in [-0.1, -0.05) is 12.1 Å². The summed E-state index contributed by atoms with van der Waals surface area (Å²) in [5.41, 5.74) is 1.77. The van der Waals surface area contributed by atoms with E-state index in [4.69, 9.17) is 9.47 Å². The fourth-order valence-corrected chi connectivity index (χ4v) is 4.05. The predicted molar refractivity (Wildman–Crippen MR) is 103 cm³/mol. The molecule has 140 valence electrons. The molecule has 0 saturated carbocycles. The molecule has 26 heavy (non-hydrogen) atoms. The molecule has 1 aliphatic rings. The number of thiazole rings is 1. The van der Waals surface area contributed by atoms with Crippen molar-refractivity contribution < 1.29 is 14.3 Å². The number of amides is 1. The minimum Gasteiger partial charge on any atom is -0.497 e. The highest BCUT2D eigenvalue weighted by Crippen LogP contribution is 2.21. The first-order chi connectivity index (χ1) is 12.6. The van der Waals surface area contributed by atoms with Gasteiger partial charge in [0.1, 0.15) is 11.4 Å². The summed E-state index contributed by atoms with van der Waals surface area (Å²) >= 11 is 1.57. The van der Waals surface area contributed by atoms with E-state index < -0.39 is 0 Å². The Bertz CT molecular complexity index is 736. The van der Waals surface area contributed by atoms with Gasteiger partial charge in [-0.05, 0) is 50.8 Å². The number of ether oxygens (including phenoxy) is 2. The monoisotopic (exact) mass is 374 g/mol. The lowest BCUT2D eigenvalue weighted by molar-refractivity contribution is 0.0524. The molecule has 1 atom stereocenters. The van der Waals surface area contributed by atoms with E-state index >= 15 is 0 Å². The van der Waals surface area contributed by atoms with Gasteiger partial charge < -0.3 is 14.4 Å². The number of nitrogens with zero attached hydrogens (tertiary/aromatic N) is 2. The smallest absolute Gasteiger partial charge is 0.273 e. The predicted octanol–water partition coefficient (Wildman–Crippen LogP) is 3.63. The molecule has 6 heteroatoms. The van der Waals surface area contributed by atoms with Crippen LogP contribution in [0.1, 0.15) is 38.8 Å². The number of benzene rings is 1. The van der Waals surface area contributed by atoms with Crippen LogP contribution in [0.2, 0.25) is 0 Å². The highest BCUT2D eigenvalue weighted by molar-refractivity contribution is 7.11. The molecule has 1 aliphatic heterocycles. The molecule has 1 aromatic carbocycles. The average molecular weight is 375 g/mol. The van der Waals surface area contributed by atoms with Crippen LogP contribution in [0.15, 0.2) is 24.3 Å². The van der Waals surface area contributed by atoms with Gasteiger partial charge in [-0.2, -0.15) is 0 Å². The van der Waals surface area contributed by atoms with Gasteiger partial charge in [0.05, 0.1) is 18.2 Å². The third kappa shape index (κ3) is 4.62. The molecule has 2 heterocycles. The summed E-state index contributed by atoms with van der Waals surface area (Å²) in [6.45, 7) is 5.98. The molecule has 0 bridgehead atoms. The molecule has 1 aromatic heterocycles. The molecular formula is C20H26N2O3S. The van der Waals surface area contributed by atoms with Gasteiger partial charge in [0, 0.05) is 24.6 Å². The van der Waals surface area contributed by atoms with E-state index in [1.807, 2.05) is 43.0 Å². The van der Waals surface area contributed by atoms with E-state index in [0.29, 0.717) is 18.8 Å². The molecule has 0 N–H and O–H groups in total. The zero-order valence-corrected chi connectivity index (χ0v) is 16.5. The highest BCUT2D eigenvalue weighted by Gasteiger charge is 2.25. The van der Waals surface area contributed by atoms with Crippen molar-refractivity contribution in [2.75, 3.05) is 26.8 Å². The largest absolute Gasteiger partial charge is 0.497 e. The van der Waals surface area contributed by atoms with E-state index in [0.717, 1.165) is 41.5 Å². The standard InChI is InChI=1S/C20H26N2O3S/c1-14-19(21-15(2)26-14)20(23)22(13-18-5-4-12-25-18)11-10-16-6-8-17(24-3)9-7-16/h6-9,18H,4-5,10-13H2,1-3H3/t18-/m0/s1. The molecule has 5 nitrogen and oxygen atoms in total. The summed E-state index contributed by atoms with van der Waals surface area (Å²) < 4.78 is 11.0. The van der Waals surface area contributed by atoms with Crippen LogP contribution in [0.3, 0.4) is 0 Å². The first-order valence-electron chi connectivity index (χ1n) is 9.04. The summed E-state index contributed by atoms with van der Waals surface area (Å²) in [6.07, 6.45) is 3.02. The highest BCUT2D eigenvalue weighted by atomic mass is 32.1. The lowest BCUT2D eigenvalue weighted by Crippen LogP contribution is -2.39. The Morgan fingerprint density at radius 3 is 2.69 bits per heavy atom. The summed E-state index contributed by atoms with van der Waals surface area (Å²) in [5.74, 6) is 0.852. The van der Waals surface area contributed by atoms with Crippen molar-refractivity contribution in [3.05, 3.63) is 45.4 Å². The molecule has 1 amide bonds. The average Bonchev–Trinajstić information content (AvgIpc) is 3.27. The van der Waals surface area contributed by atoms with Crippen molar-refractivity contribution in [2.24, 2.45) is 0 Å². The summed E-state index contributed by atoms with van der Waals surface area (Å²) in [6, 6.07) is 8.00. The minimum absolute atomic E-state index is 0.0101. The SMILES string of the molecule is COc1ccc(CCN(C[C@@H]2CCCO2)C(=O)c2nc(C)sc2C)cc1. The molecule has 0 aliphatic carbocycles. The van der Waals surface area contributed by atoms with Gasteiger partial charge >= 0.3 is 0 Å². The number of carbonyl (C=O) groups excluding carboxylic acids is 1. The minimum atomic E-state index is 0.0101. The fourth-order valence-electron chi connectivity index (χ4n) is 3.24. The zero-order chi connectivity index (χ0) is 18.5. The summed E-state index contributed by atoms with van der Waals surface area (Å²) in [5, 5.41) is 0.929. The van der Waals surface area contributed by atoms with Gasteiger partial charge in [0.15, 0.2) is 0 Å². The molecule has 3 rings (SSSR count). The maximum atomic E-state index is 13.1. The molecule has 1 saturated heterocycles. The lowest BCUT2D eigenvalue weighted by Gasteiger charge is -2.25. The molecule has 0 radical (unpaired) electrons. The number of rotatable bonds is 7. The zero-order valence-electron chi connectivity index (χ0n) is 15.7. The van der Waals surface area contributed by atoms with Crippen LogP contribution in [0.4, 0.5) is 0 Å². The molecule has 1 fully saturated rings. The second-order valence-corrected chi connectivity index (χ2v) is 8.03. The lowest BCUT2D eigenvalue weighted by atomic mass is 10.1. The van der Waals surface area contributed by atoms with E-state index in [2.05, 4.69) is 4.98 Å². The quantitative estimate of drug-likeness (QED) is 0.743. The fraction of sp³-hybridized carbons (Fsp3) is 0.500. The second-order valence-electron chi connectivity index (χ2n) is 6.62. The number of methoxy groups -OCH3 is 1. The van der Waals surface area contributed by atoms with Crippen molar-refractivity contribution in [1.29, 1.82) is 0 Å². The van der Waals surface area contributed by atoms with Crippen LogP contribution < -0.4 is 4.74 Å². The summed E-state index contributed by atoms with van der Waals surface area (Å²) in [4.78, 5) is 20.4. The molecule has 0 unspecified atom stereocenters. The summed E-state index contributed by atoms with van der Waals surface area (Å²) in [7, 11) is 1.66. The Balaban J connectivity index is 1.71. The van der Waals surface area contributed by atoms with Gasteiger partial charge in [-0.3, -0.25) is 4.79 Å². The van der Waals surface area contributed by atoms with Crippen LogP contribution in [0.5, 0.6) is 5.75 Å². The first kappa shape index (κ1) is 18.9. The number of hydrogen-bond acceptors (Lipinski definition) is 5. The normalized spacial score (nSPS) is 16.7. The number of carbonyl (C=O) groups is 1. The van der Waals surface area contributed by atoms with E-state index in [9.17, 15) is 4.79 Å². The van der Waals surface area contributed by atoms with Crippen molar-refractivity contribution in [3.8, 4) is 5.75 Å². The van der Waals surface area contributed by atoms with E-state index in [-0.39, 0.29) is 12.0 Å². The Hall–Kier alpha value is -1.92. The van der Waals surface area contributed by atoms with Crippen molar-refractivity contribution in [2.45, 2.75) is 39.2 Å². The van der Waals surface area contributed by atoms with Crippen LogP contribution in [0.25, 0.3) is 0 Å². The van der Waals surface area contributed by atoms with Gasteiger partial charge in [0.25, 0.3) is 5.91 Å². The van der Waals surface area contributed by atoms with E-state index in [1.165, 1.54) is 5.56 Å². The number of hydrogen-bond donors (Lipinski definition) is 0. The Kier molecular flexibility index (Phi) is 6.27. The van der Waals surface area contributed by atoms with Crippen LogP contribution >= 0.6 is 11.3 Å². The maximum absolute atomic E-state index is 13.1. The first-order valence-corrected chi connectivity index (χ1v) is 9.86. The van der Waals surface area contributed by atoms with Gasteiger partial charge in [-0.15, -0.1) is 11.3 Å². The maximum Gasteiger partial charge on any atom is 0.273 e. The van der Waals surface area contributed by atoms with E-state index in [1.54, 1.807) is 18.4 Å². The Morgan fingerprint density at radius 2 is 2.12 bits per heavy atom. The van der Waals surface area contributed by atoms with Crippen LogP contribution in [0, 0.1) is 13.8 Å². The van der Waals surface area contributed by atoms with Crippen molar-refractivity contribution in [1.82, 2.24) is 9.88 Å². The third-order valence-electron chi connectivity index (χ3n) is 4.67. The van der Waals surface area contributed by atoms with Crippen LogP contribution in [-0.4, -0.2) is 48.7 Å². The van der Waals surface area contributed by atoms with Gasteiger partial charge in [-0.25, -0.2) is 4.98 Å². The second kappa shape index (κ2) is 8.64. The number of aryl methyl sites for hydroxylation is 2. The Morgan fingerprint density at radius 1 is 1.35 bits per heavy atom. The Labute approximate surface area is 159 Å². The third-order valence-corrected chi connectivity index (χ3v) is 5.56.